The molecule has 3 aromatic heterocycles. The quantitative estimate of drug-likeness (QED) is 0.534. The number of carbonyl (C=O) groups is 1. The fraction of sp³-hybridized carbons (Fsp3) is 0.250. The number of rotatable bonds is 6. The molecule has 9 heteroatoms. The zero-order chi connectivity index (χ0) is 20.5. The van der Waals surface area contributed by atoms with Crippen molar-refractivity contribution in [3.63, 3.8) is 0 Å². The fourth-order valence-electron chi connectivity index (χ4n) is 3.32. The number of nitrogens with zero attached hydrogens (tertiary/aromatic N) is 3. The molecule has 0 unspecified atom stereocenters. The highest BCUT2D eigenvalue weighted by atomic mass is 16.5. The first kappa shape index (κ1) is 18.6. The molecule has 9 nitrogen and oxygen atoms in total. The van der Waals surface area contributed by atoms with E-state index in [9.17, 15) is 9.59 Å². The van der Waals surface area contributed by atoms with Crippen molar-refractivity contribution in [2.75, 3.05) is 14.2 Å². The zero-order valence-corrected chi connectivity index (χ0v) is 16.3. The summed E-state index contributed by atoms with van der Waals surface area (Å²) in [5.41, 5.74) is 2.27. The molecule has 0 radical (unpaired) electrons. The maximum Gasteiger partial charge on any atom is 0.291 e. The lowest BCUT2D eigenvalue weighted by molar-refractivity contribution is -0.122. The van der Waals surface area contributed by atoms with Gasteiger partial charge >= 0.3 is 0 Å². The van der Waals surface area contributed by atoms with Crippen LogP contribution in [0.3, 0.4) is 0 Å². The smallest absolute Gasteiger partial charge is 0.291 e. The molecule has 1 amide bonds. The first-order valence-corrected chi connectivity index (χ1v) is 8.96. The van der Waals surface area contributed by atoms with Gasteiger partial charge in [0.25, 0.3) is 5.56 Å². The molecule has 0 bridgehead atoms. The number of aryl methyl sites for hydroxylation is 1. The predicted octanol–water partition coefficient (Wildman–Crippen LogP) is 1.88. The Bertz CT molecular complexity index is 1270. The highest BCUT2D eigenvalue weighted by Crippen LogP contribution is 2.27. The van der Waals surface area contributed by atoms with E-state index < -0.39 is 0 Å². The molecule has 0 saturated carbocycles. The summed E-state index contributed by atoms with van der Waals surface area (Å²) in [5.74, 6) is 1.45. The number of furan rings is 1. The minimum Gasteiger partial charge on any atom is -0.493 e. The topological polar surface area (TPSA) is 100 Å². The van der Waals surface area contributed by atoms with E-state index in [1.807, 2.05) is 6.07 Å². The van der Waals surface area contributed by atoms with E-state index in [1.165, 1.54) is 0 Å². The first-order chi connectivity index (χ1) is 14.0. The van der Waals surface area contributed by atoms with Crippen LogP contribution in [0, 0.1) is 6.92 Å². The maximum absolute atomic E-state index is 12.7. The minimum absolute atomic E-state index is 0.185. The summed E-state index contributed by atoms with van der Waals surface area (Å²) in [6, 6.07) is 8.82. The molecule has 4 rings (SSSR count). The molecule has 150 valence electrons. The molecule has 0 aliphatic heterocycles. The van der Waals surface area contributed by atoms with Gasteiger partial charge in [0.15, 0.2) is 17.1 Å². The lowest BCUT2D eigenvalue weighted by atomic mass is 10.2. The molecule has 3 heterocycles. The summed E-state index contributed by atoms with van der Waals surface area (Å²) in [6.45, 7) is 1.88. The Balaban J connectivity index is 1.52. The second kappa shape index (κ2) is 7.34. The third-order valence-corrected chi connectivity index (χ3v) is 4.70. The zero-order valence-electron chi connectivity index (χ0n) is 16.3. The Morgan fingerprint density at radius 2 is 1.93 bits per heavy atom. The summed E-state index contributed by atoms with van der Waals surface area (Å²) in [6.07, 6.45) is 1.56. The van der Waals surface area contributed by atoms with Crippen LogP contribution >= 0.6 is 0 Å². The first-order valence-electron chi connectivity index (χ1n) is 8.96. The molecule has 1 aromatic carbocycles. The average molecular weight is 396 g/mol. The lowest BCUT2D eigenvalue weighted by Gasteiger charge is -2.11. The molecule has 0 fully saturated rings. The van der Waals surface area contributed by atoms with Gasteiger partial charge in [-0.05, 0) is 24.6 Å². The summed E-state index contributed by atoms with van der Waals surface area (Å²) in [4.78, 5) is 25.1. The summed E-state index contributed by atoms with van der Waals surface area (Å²) < 4.78 is 18.7. The molecular weight excluding hydrogens is 376 g/mol. The molecule has 1 N–H and O–H groups in total. The Hall–Kier alpha value is -3.75. The molecular formula is C20H20N4O5. The van der Waals surface area contributed by atoms with Crippen molar-refractivity contribution >= 4 is 22.5 Å². The van der Waals surface area contributed by atoms with Crippen LogP contribution in [0.4, 0.5) is 0 Å². The van der Waals surface area contributed by atoms with E-state index in [0.717, 1.165) is 15.8 Å². The van der Waals surface area contributed by atoms with E-state index >= 15 is 0 Å². The van der Waals surface area contributed by atoms with Crippen molar-refractivity contribution < 1.29 is 18.7 Å². The van der Waals surface area contributed by atoms with Crippen LogP contribution in [0.15, 0.2) is 45.8 Å². The number of hydrogen-bond donors (Lipinski definition) is 1. The normalized spacial score (nSPS) is 11.1. The average Bonchev–Trinajstić information content (AvgIpc) is 3.31. The summed E-state index contributed by atoms with van der Waals surface area (Å²) in [5, 5.41) is 7.07. The molecule has 0 aliphatic rings. The van der Waals surface area contributed by atoms with Gasteiger partial charge in [0, 0.05) is 18.7 Å². The van der Waals surface area contributed by atoms with Gasteiger partial charge in [-0.2, -0.15) is 5.10 Å². The molecule has 29 heavy (non-hydrogen) atoms. The van der Waals surface area contributed by atoms with E-state index in [-0.39, 0.29) is 24.6 Å². The van der Waals surface area contributed by atoms with Crippen LogP contribution in [0.2, 0.25) is 0 Å². The Kier molecular flexibility index (Phi) is 4.71. The second-order valence-corrected chi connectivity index (χ2v) is 6.51. The largest absolute Gasteiger partial charge is 0.493 e. The predicted molar refractivity (Wildman–Crippen MR) is 105 cm³/mol. The van der Waals surface area contributed by atoms with Gasteiger partial charge in [-0.1, -0.05) is 6.07 Å². The van der Waals surface area contributed by atoms with Gasteiger partial charge in [0.2, 0.25) is 5.91 Å². The second-order valence-electron chi connectivity index (χ2n) is 6.51. The Labute approximate surface area is 165 Å². The van der Waals surface area contributed by atoms with Crippen molar-refractivity contribution in [3.8, 4) is 11.5 Å². The fourth-order valence-corrected chi connectivity index (χ4v) is 3.32. The number of nitrogens with one attached hydrogen (secondary N) is 1. The van der Waals surface area contributed by atoms with Crippen LogP contribution in [-0.4, -0.2) is 34.3 Å². The van der Waals surface area contributed by atoms with E-state index in [4.69, 9.17) is 13.9 Å². The molecule has 0 saturated heterocycles. The van der Waals surface area contributed by atoms with Gasteiger partial charge in [-0.3, -0.25) is 14.0 Å². The van der Waals surface area contributed by atoms with Gasteiger partial charge in [0.05, 0.1) is 26.0 Å². The number of ether oxygens (including phenoxy) is 2. The maximum atomic E-state index is 12.7. The Morgan fingerprint density at radius 1 is 1.14 bits per heavy atom. The van der Waals surface area contributed by atoms with E-state index in [1.54, 1.807) is 56.1 Å². The van der Waals surface area contributed by atoms with Gasteiger partial charge < -0.3 is 19.2 Å². The van der Waals surface area contributed by atoms with E-state index in [2.05, 4.69) is 10.4 Å². The summed E-state index contributed by atoms with van der Waals surface area (Å²) in [7, 11) is 3.11. The van der Waals surface area contributed by atoms with Crippen molar-refractivity contribution in [2.45, 2.75) is 20.0 Å². The molecule has 4 aromatic rings. The number of fused-ring (bicyclic) bond motifs is 3. The number of carbonyl (C=O) groups excluding carboxylic acids is 1. The van der Waals surface area contributed by atoms with E-state index in [0.29, 0.717) is 28.4 Å². The minimum atomic E-state index is -0.358. The standard InChI is InChI=1S/C20H20N4O5/c1-12-22-23(20(26)15-9-17-14(24(12)15)6-7-29-17)11-19(25)21-10-13-4-5-16(27-2)18(8-13)28-3/h4-9H,10-11H2,1-3H3,(H,21,25). The molecule has 0 aliphatic carbocycles. The van der Waals surface area contributed by atoms with Gasteiger partial charge in [-0.25, -0.2) is 4.68 Å². The third-order valence-electron chi connectivity index (χ3n) is 4.70. The van der Waals surface area contributed by atoms with Crippen LogP contribution < -0.4 is 20.3 Å². The number of methoxy groups -OCH3 is 2. The molecule has 0 spiro atoms. The van der Waals surface area contributed by atoms with Crippen molar-refractivity contribution in [2.24, 2.45) is 0 Å². The highest BCUT2D eigenvalue weighted by molar-refractivity contribution is 5.82. The van der Waals surface area contributed by atoms with Crippen LogP contribution in [0.5, 0.6) is 11.5 Å². The van der Waals surface area contributed by atoms with Crippen LogP contribution in [-0.2, 0) is 17.9 Å². The van der Waals surface area contributed by atoms with Crippen molar-refractivity contribution in [1.82, 2.24) is 19.5 Å². The van der Waals surface area contributed by atoms with Crippen LogP contribution in [0.1, 0.15) is 11.4 Å². The monoisotopic (exact) mass is 396 g/mol. The van der Waals surface area contributed by atoms with Crippen LogP contribution in [0.25, 0.3) is 16.6 Å². The van der Waals surface area contributed by atoms with Crippen molar-refractivity contribution in [3.05, 3.63) is 58.3 Å². The summed E-state index contributed by atoms with van der Waals surface area (Å²) >= 11 is 0. The third kappa shape index (κ3) is 3.31. The SMILES string of the molecule is COc1ccc(CNC(=O)Cn2nc(C)n3c(cc4occc43)c2=O)cc1OC. The van der Waals surface area contributed by atoms with Gasteiger partial charge in [0.1, 0.15) is 17.9 Å². The lowest BCUT2D eigenvalue weighted by Crippen LogP contribution is -2.34. The highest BCUT2D eigenvalue weighted by Gasteiger charge is 2.15. The number of hydrogen-bond acceptors (Lipinski definition) is 6. The molecule has 0 atom stereocenters. The number of benzene rings is 1. The number of amides is 1. The van der Waals surface area contributed by atoms with Crippen molar-refractivity contribution in [1.29, 1.82) is 0 Å². The van der Waals surface area contributed by atoms with Gasteiger partial charge in [-0.15, -0.1) is 0 Å². The Morgan fingerprint density at radius 3 is 2.69 bits per heavy atom. The number of aromatic nitrogens is 3.